The predicted molar refractivity (Wildman–Crippen MR) is 69.2 cm³/mol. The zero-order valence-electron chi connectivity index (χ0n) is 8.80. The first kappa shape index (κ1) is 12.1. The smallest absolute Gasteiger partial charge is 0.222 e. The van der Waals surface area contributed by atoms with Crippen LogP contribution < -0.4 is 11.1 Å². The molecule has 0 aliphatic heterocycles. The van der Waals surface area contributed by atoms with Gasteiger partial charge in [-0.2, -0.15) is 16.3 Å². The van der Waals surface area contributed by atoms with E-state index in [1.807, 2.05) is 16.8 Å². The fraction of sp³-hybridized carbons (Fsp3) is 0.200. The average molecular weight is 271 g/mol. The molecule has 0 saturated carbocycles. The number of halogens is 1. The molecule has 0 saturated heterocycles. The highest BCUT2D eigenvalue weighted by molar-refractivity contribution is 7.07. The number of anilines is 2. The molecule has 1 atom stereocenters. The number of thiophene rings is 1. The van der Waals surface area contributed by atoms with Crippen LogP contribution in [0.5, 0.6) is 0 Å². The summed E-state index contributed by atoms with van der Waals surface area (Å²) in [6.07, 6.45) is 0.817. The quantitative estimate of drug-likeness (QED) is 0.790. The van der Waals surface area contributed by atoms with E-state index in [1.165, 1.54) is 17.5 Å². The lowest BCUT2D eigenvalue weighted by atomic mass is 10.2. The van der Waals surface area contributed by atoms with Crippen LogP contribution in [-0.2, 0) is 0 Å². The van der Waals surface area contributed by atoms with E-state index in [2.05, 4.69) is 15.3 Å². The van der Waals surface area contributed by atoms with Crippen molar-refractivity contribution in [2.24, 2.45) is 0 Å². The zero-order valence-corrected chi connectivity index (χ0v) is 10.4. The number of hydrogen-bond donors (Lipinski definition) is 3. The van der Waals surface area contributed by atoms with Crippen molar-refractivity contribution in [3.63, 3.8) is 0 Å². The van der Waals surface area contributed by atoms with Gasteiger partial charge in [-0.15, -0.1) is 0 Å². The van der Waals surface area contributed by atoms with Crippen molar-refractivity contribution >= 4 is 34.7 Å². The van der Waals surface area contributed by atoms with Crippen molar-refractivity contribution in [2.75, 3.05) is 17.6 Å². The van der Waals surface area contributed by atoms with E-state index in [0.717, 1.165) is 5.56 Å². The monoisotopic (exact) mass is 270 g/mol. The minimum Gasteiger partial charge on any atom is -0.387 e. The highest BCUT2D eigenvalue weighted by Gasteiger charge is 2.09. The zero-order chi connectivity index (χ0) is 12.3. The lowest BCUT2D eigenvalue weighted by Gasteiger charge is -2.11. The van der Waals surface area contributed by atoms with Gasteiger partial charge in [0.25, 0.3) is 0 Å². The number of nitrogen functional groups attached to an aromatic ring is 1. The fourth-order valence-electron chi connectivity index (χ4n) is 1.28. The standard InChI is InChI=1S/C10H11ClN4OS/c11-7-3-14-10(12)15-9(7)13-4-8(16)6-1-2-17-5-6/h1-3,5,8,16H,4H2,(H3,12,13,14,15). The Morgan fingerprint density at radius 3 is 3.12 bits per heavy atom. The predicted octanol–water partition coefficient (Wildman–Crippen LogP) is 1.92. The number of aromatic nitrogens is 2. The summed E-state index contributed by atoms with van der Waals surface area (Å²) in [5, 5.41) is 17.0. The normalized spacial score (nSPS) is 12.4. The minimum atomic E-state index is -0.603. The summed E-state index contributed by atoms with van der Waals surface area (Å²) in [4.78, 5) is 7.69. The van der Waals surface area contributed by atoms with Crippen LogP contribution in [0, 0.1) is 0 Å². The van der Waals surface area contributed by atoms with Crippen molar-refractivity contribution in [1.29, 1.82) is 0 Å². The second kappa shape index (κ2) is 5.31. The molecule has 2 heterocycles. The van der Waals surface area contributed by atoms with Crippen molar-refractivity contribution in [2.45, 2.75) is 6.10 Å². The van der Waals surface area contributed by atoms with Crippen LogP contribution in [0.25, 0.3) is 0 Å². The van der Waals surface area contributed by atoms with Crippen molar-refractivity contribution in [1.82, 2.24) is 9.97 Å². The molecule has 1 unspecified atom stereocenters. The van der Waals surface area contributed by atoms with E-state index in [4.69, 9.17) is 17.3 Å². The van der Waals surface area contributed by atoms with E-state index in [9.17, 15) is 5.11 Å². The molecule has 2 rings (SSSR count). The van der Waals surface area contributed by atoms with E-state index in [1.54, 1.807) is 0 Å². The second-order valence-electron chi connectivity index (χ2n) is 3.38. The van der Waals surface area contributed by atoms with Crippen molar-refractivity contribution in [3.8, 4) is 0 Å². The molecule has 0 aromatic carbocycles. The van der Waals surface area contributed by atoms with Crippen LogP contribution in [0.4, 0.5) is 11.8 Å². The van der Waals surface area contributed by atoms with Gasteiger partial charge in [0.2, 0.25) is 5.95 Å². The highest BCUT2D eigenvalue weighted by Crippen LogP contribution is 2.21. The first-order valence-corrected chi connectivity index (χ1v) is 6.21. The number of aliphatic hydroxyl groups is 1. The summed E-state index contributed by atoms with van der Waals surface area (Å²) in [5.74, 6) is 0.565. The molecule has 7 heteroatoms. The third kappa shape index (κ3) is 3.06. The Kier molecular flexibility index (Phi) is 3.78. The lowest BCUT2D eigenvalue weighted by molar-refractivity contribution is 0.192. The van der Waals surface area contributed by atoms with Gasteiger partial charge in [-0.3, -0.25) is 0 Å². The number of hydrogen-bond acceptors (Lipinski definition) is 6. The third-order valence-electron chi connectivity index (χ3n) is 2.15. The molecule has 0 radical (unpaired) electrons. The summed E-state index contributed by atoms with van der Waals surface area (Å²) in [6.45, 7) is 0.312. The Morgan fingerprint density at radius 2 is 2.41 bits per heavy atom. The SMILES string of the molecule is Nc1ncc(Cl)c(NCC(O)c2ccsc2)n1. The number of rotatable bonds is 4. The summed E-state index contributed by atoms with van der Waals surface area (Å²) < 4.78 is 0. The molecule has 0 fully saturated rings. The van der Waals surface area contributed by atoms with Crippen LogP contribution >= 0.6 is 22.9 Å². The topological polar surface area (TPSA) is 84.1 Å². The molecule has 0 amide bonds. The maximum atomic E-state index is 9.86. The van der Waals surface area contributed by atoms with E-state index in [-0.39, 0.29) is 5.95 Å². The maximum Gasteiger partial charge on any atom is 0.222 e. The number of aliphatic hydroxyl groups excluding tert-OH is 1. The summed E-state index contributed by atoms with van der Waals surface area (Å²) >= 11 is 7.42. The second-order valence-corrected chi connectivity index (χ2v) is 4.57. The van der Waals surface area contributed by atoms with Gasteiger partial charge in [0.1, 0.15) is 5.02 Å². The van der Waals surface area contributed by atoms with E-state index < -0.39 is 6.10 Å². The molecule has 4 N–H and O–H groups in total. The summed E-state index contributed by atoms with van der Waals surface area (Å²) in [5.41, 5.74) is 6.31. The van der Waals surface area contributed by atoms with Gasteiger partial charge in [-0.1, -0.05) is 11.6 Å². The minimum absolute atomic E-state index is 0.141. The van der Waals surface area contributed by atoms with Crippen LogP contribution in [0.15, 0.2) is 23.0 Å². The van der Waals surface area contributed by atoms with Crippen LogP contribution in [0.3, 0.4) is 0 Å². The largest absolute Gasteiger partial charge is 0.387 e. The van der Waals surface area contributed by atoms with Crippen LogP contribution in [0.1, 0.15) is 11.7 Å². The third-order valence-corrected chi connectivity index (χ3v) is 3.13. The summed E-state index contributed by atoms with van der Waals surface area (Å²) in [6, 6.07) is 1.87. The molecule has 17 heavy (non-hydrogen) atoms. The van der Waals surface area contributed by atoms with Gasteiger partial charge in [0.15, 0.2) is 5.82 Å². The number of nitrogens with zero attached hydrogens (tertiary/aromatic N) is 2. The number of nitrogens with one attached hydrogen (secondary N) is 1. The molecule has 0 aliphatic rings. The first-order valence-electron chi connectivity index (χ1n) is 4.89. The molecule has 5 nitrogen and oxygen atoms in total. The molecule has 0 spiro atoms. The maximum absolute atomic E-state index is 9.86. The van der Waals surface area contributed by atoms with E-state index >= 15 is 0 Å². The first-order chi connectivity index (χ1) is 8.16. The number of nitrogens with two attached hydrogens (primary N) is 1. The molecule has 0 bridgehead atoms. The Balaban J connectivity index is 2.00. The molecule has 0 aliphatic carbocycles. The van der Waals surface area contributed by atoms with Crippen LogP contribution in [-0.4, -0.2) is 21.6 Å². The Morgan fingerprint density at radius 1 is 1.59 bits per heavy atom. The van der Waals surface area contributed by atoms with Crippen molar-refractivity contribution in [3.05, 3.63) is 33.6 Å². The lowest BCUT2D eigenvalue weighted by Crippen LogP contribution is -2.13. The molecular formula is C10H11ClN4OS. The van der Waals surface area contributed by atoms with Gasteiger partial charge in [-0.25, -0.2) is 4.98 Å². The molecular weight excluding hydrogens is 260 g/mol. The molecule has 2 aromatic rings. The summed E-state index contributed by atoms with van der Waals surface area (Å²) in [7, 11) is 0. The average Bonchev–Trinajstić information content (AvgIpc) is 2.83. The Bertz CT molecular complexity index is 491. The molecule has 90 valence electrons. The fourth-order valence-corrected chi connectivity index (χ4v) is 2.15. The molecule has 2 aromatic heterocycles. The highest BCUT2D eigenvalue weighted by atomic mass is 35.5. The van der Waals surface area contributed by atoms with Crippen LogP contribution in [0.2, 0.25) is 5.02 Å². The van der Waals surface area contributed by atoms with Gasteiger partial charge in [0, 0.05) is 6.54 Å². The van der Waals surface area contributed by atoms with Gasteiger partial charge in [0.05, 0.1) is 12.3 Å². The van der Waals surface area contributed by atoms with Gasteiger partial charge < -0.3 is 16.2 Å². The van der Waals surface area contributed by atoms with Gasteiger partial charge in [-0.05, 0) is 22.4 Å². The van der Waals surface area contributed by atoms with Gasteiger partial charge >= 0.3 is 0 Å². The Hall–Kier alpha value is -1.37. The Labute approximate surface area is 107 Å². The van der Waals surface area contributed by atoms with E-state index in [0.29, 0.717) is 17.4 Å². The van der Waals surface area contributed by atoms with Crippen molar-refractivity contribution < 1.29 is 5.11 Å².